The van der Waals surface area contributed by atoms with Crippen molar-refractivity contribution in [1.82, 2.24) is 5.32 Å². The van der Waals surface area contributed by atoms with Crippen LogP contribution in [0.15, 0.2) is 24.3 Å². The van der Waals surface area contributed by atoms with E-state index in [0.29, 0.717) is 12.8 Å². The van der Waals surface area contributed by atoms with E-state index in [1.165, 1.54) is 283 Å². The van der Waals surface area contributed by atoms with Crippen molar-refractivity contribution in [3.05, 3.63) is 24.3 Å². The SMILES string of the molecule is CCCCCCCCCCC/C=C/CC/C=C/C(O)C(COC1OC(CO)C(OC2OC(CO)C(O)C(O)C2O)C(O)C1O)NC(=O)CCCCCCCCCCCCCCCCCCCCCCCCCCCCCCCCCCCCCCCCC. The maximum absolute atomic E-state index is 13.3. The van der Waals surface area contributed by atoms with Gasteiger partial charge >= 0.3 is 0 Å². The van der Waals surface area contributed by atoms with Gasteiger partial charge in [0.1, 0.15) is 48.8 Å². The summed E-state index contributed by atoms with van der Waals surface area (Å²) in [4.78, 5) is 13.3. The molecule has 88 heavy (non-hydrogen) atoms. The first-order valence-electron chi connectivity index (χ1n) is 37.6. The number of aliphatic hydroxyl groups is 8. The second-order valence-corrected chi connectivity index (χ2v) is 26.8. The number of carbonyl (C=O) groups excluding carboxylic acids is 1. The van der Waals surface area contributed by atoms with Crippen LogP contribution in [0.1, 0.15) is 348 Å². The van der Waals surface area contributed by atoms with Gasteiger partial charge in [0.2, 0.25) is 5.91 Å². The standard InChI is InChI=1S/C74H141NO13/c1-3-5-7-9-11-13-15-17-19-20-21-22-23-24-25-26-27-28-29-30-31-32-33-34-35-36-37-38-39-40-41-42-44-46-48-50-52-54-56-58-66(79)75-62(63(78)57-55-53-51-49-47-45-43-18-16-14-12-10-8-6-4-2)61-85-73-71(84)69(82)72(65(60-77)87-73)88-74-70(83)68(81)67(80)64(59-76)86-74/h47,49,55,57,62-65,67-74,76-78,80-84H,3-46,48,50-54,56,58-61H2,1-2H3,(H,75,79)/b49-47+,57-55+. The average Bonchev–Trinajstić information content (AvgIpc) is 2.01. The zero-order valence-corrected chi connectivity index (χ0v) is 56.7. The molecule has 12 unspecified atom stereocenters. The van der Waals surface area contributed by atoms with Crippen LogP contribution in [0.3, 0.4) is 0 Å². The molecule has 0 aliphatic carbocycles. The molecule has 9 N–H and O–H groups in total. The number of hydrogen-bond acceptors (Lipinski definition) is 13. The Bertz CT molecular complexity index is 1570. The summed E-state index contributed by atoms with van der Waals surface area (Å²) in [6, 6.07) is -0.928. The lowest BCUT2D eigenvalue weighted by Gasteiger charge is -2.46. The third-order valence-electron chi connectivity index (χ3n) is 18.6. The molecule has 12 atom stereocenters. The second kappa shape index (κ2) is 59.2. The van der Waals surface area contributed by atoms with Crippen molar-refractivity contribution in [1.29, 1.82) is 0 Å². The van der Waals surface area contributed by atoms with Gasteiger partial charge < -0.3 is 65.1 Å². The van der Waals surface area contributed by atoms with Crippen molar-refractivity contribution in [3.63, 3.8) is 0 Å². The maximum Gasteiger partial charge on any atom is 0.220 e. The van der Waals surface area contributed by atoms with Crippen molar-refractivity contribution in [2.75, 3.05) is 19.8 Å². The third-order valence-corrected chi connectivity index (χ3v) is 18.6. The highest BCUT2D eigenvalue weighted by atomic mass is 16.7. The number of ether oxygens (including phenoxy) is 4. The molecule has 0 aromatic carbocycles. The van der Waals surface area contributed by atoms with Crippen LogP contribution in [-0.2, 0) is 23.7 Å². The van der Waals surface area contributed by atoms with Crippen LogP contribution in [0.2, 0.25) is 0 Å². The zero-order chi connectivity index (χ0) is 63.8. The monoisotopic (exact) mass is 1250 g/mol. The maximum atomic E-state index is 13.3. The molecule has 0 saturated carbocycles. The Morgan fingerprint density at radius 1 is 0.398 bits per heavy atom. The van der Waals surface area contributed by atoms with Crippen molar-refractivity contribution >= 4 is 5.91 Å². The summed E-state index contributed by atoms with van der Waals surface area (Å²) < 4.78 is 22.8. The van der Waals surface area contributed by atoms with E-state index in [-0.39, 0.29) is 18.9 Å². The highest BCUT2D eigenvalue weighted by Crippen LogP contribution is 2.30. The van der Waals surface area contributed by atoms with Crippen LogP contribution in [-0.4, -0.2) is 140 Å². The summed E-state index contributed by atoms with van der Waals surface area (Å²) in [5.41, 5.74) is 0. The van der Waals surface area contributed by atoms with Gasteiger partial charge in [-0.3, -0.25) is 4.79 Å². The number of nitrogens with one attached hydrogen (secondary N) is 1. The fraction of sp³-hybridized carbons (Fsp3) is 0.932. The summed E-state index contributed by atoms with van der Waals surface area (Å²) in [7, 11) is 0. The molecule has 0 spiro atoms. The molecule has 2 fully saturated rings. The summed E-state index contributed by atoms with van der Waals surface area (Å²) in [5.74, 6) is -0.242. The predicted octanol–water partition coefficient (Wildman–Crippen LogP) is 15.9. The summed E-state index contributed by atoms with van der Waals surface area (Å²) in [6.45, 7) is 2.82. The van der Waals surface area contributed by atoms with Gasteiger partial charge in [-0.1, -0.05) is 334 Å². The highest BCUT2D eigenvalue weighted by molar-refractivity contribution is 5.76. The quantitative estimate of drug-likeness (QED) is 0.0204. The number of amides is 1. The molecule has 0 radical (unpaired) electrons. The molecule has 14 nitrogen and oxygen atoms in total. The van der Waals surface area contributed by atoms with Gasteiger partial charge in [0, 0.05) is 6.42 Å². The molecule has 2 rings (SSSR count). The van der Waals surface area contributed by atoms with E-state index in [1.54, 1.807) is 6.08 Å². The zero-order valence-electron chi connectivity index (χ0n) is 56.7. The molecule has 2 aliphatic rings. The van der Waals surface area contributed by atoms with Gasteiger partial charge in [-0.15, -0.1) is 0 Å². The minimum Gasteiger partial charge on any atom is -0.394 e. The molecular formula is C74H141NO13. The number of rotatable bonds is 63. The summed E-state index contributed by atoms with van der Waals surface area (Å²) >= 11 is 0. The van der Waals surface area contributed by atoms with Gasteiger partial charge in [-0.25, -0.2) is 0 Å². The van der Waals surface area contributed by atoms with E-state index in [4.69, 9.17) is 18.9 Å². The van der Waals surface area contributed by atoms with Crippen LogP contribution in [0.25, 0.3) is 0 Å². The van der Waals surface area contributed by atoms with Crippen LogP contribution < -0.4 is 5.32 Å². The number of hydrogen-bond donors (Lipinski definition) is 9. The predicted molar refractivity (Wildman–Crippen MR) is 360 cm³/mol. The molecule has 0 aromatic heterocycles. The Labute approximate surface area is 539 Å². The Hall–Kier alpha value is -1.53. The minimum atomic E-state index is -1.79. The molecule has 520 valence electrons. The van der Waals surface area contributed by atoms with Crippen molar-refractivity contribution in [2.24, 2.45) is 0 Å². The smallest absolute Gasteiger partial charge is 0.220 e. The number of unbranched alkanes of at least 4 members (excludes halogenated alkanes) is 48. The topological polar surface area (TPSA) is 228 Å². The van der Waals surface area contributed by atoms with E-state index < -0.39 is 86.8 Å². The molecule has 0 bridgehead atoms. The lowest BCUT2D eigenvalue weighted by molar-refractivity contribution is -0.359. The van der Waals surface area contributed by atoms with E-state index >= 15 is 0 Å². The lowest BCUT2D eigenvalue weighted by atomic mass is 9.97. The number of carbonyl (C=O) groups is 1. The normalized spacial score (nSPS) is 23.2. The number of allylic oxidation sites excluding steroid dienone is 3. The van der Waals surface area contributed by atoms with E-state index in [1.807, 2.05) is 6.08 Å². The van der Waals surface area contributed by atoms with E-state index in [2.05, 4.69) is 31.3 Å². The van der Waals surface area contributed by atoms with Gasteiger partial charge in [0.05, 0.1) is 32.0 Å². The van der Waals surface area contributed by atoms with Crippen LogP contribution >= 0.6 is 0 Å². The van der Waals surface area contributed by atoms with Gasteiger partial charge in [-0.2, -0.15) is 0 Å². The van der Waals surface area contributed by atoms with Gasteiger partial charge in [0.25, 0.3) is 0 Å². The molecule has 2 saturated heterocycles. The third kappa shape index (κ3) is 42.6. The second-order valence-electron chi connectivity index (χ2n) is 26.8. The molecule has 2 aliphatic heterocycles. The molecule has 0 aromatic rings. The summed E-state index contributed by atoms with van der Waals surface area (Å²) in [5, 5.41) is 87.3. The Balaban J connectivity index is 1.55. The highest BCUT2D eigenvalue weighted by Gasteiger charge is 2.51. The lowest BCUT2D eigenvalue weighted by Crippen LogP contribution is -2.65. The Morgan fingerprint density at radius 2 is 0.727 bits per heavy atom. The Kier molecular flexibility index (Phi) is 55.6. The van der Waals surface area contributed by atoms with Crippen molar-refractivity contribution < 1.29 is 64.6 Å². The first kappa shape index (κ1) is 82.6. The molecule has 1 amide bonds. The summed E-state index contributed by atoms with van der Waals surface area (Å²) in [6.07, 6.45) is 58.6. The van der Waals surface area contributed by atoms with Crippen molar-refractivity contribution in [2.45, 2.75) is 421 Å². The fourth-order valence-electron chi connectivity index (χ4n) is 12.7. The van der Waals surface area contributed by atoms with Crippen molar-refractivity contribution in [3.8, 4) is 0 Å². The molecule has 2 heterocycles. The molecular weight excluding hydrogens is 1110 g/mol. The first-order chi connectivity index (χ1) is 43.1. The van der Waals surface area contributed by atoms with Crippen LogP contribution in [0.5, 0.6) is 0 Å². The van der Waals surface area contributed by atoms with Crippen LogP contribution in [0, 0.1) is 0 Å². The largest absolute Gasteiger partial charge is 0.394 e. The van der Waals surface area contributed by atoms with Gasteiger partial charge in [-0.05, 0) is 32.1 Å². The van der Waals surface area contributed by atoms with E-state index in [0.717, 1.165) is 32.1 Å². The van der Waals surface area contributed by atoms with E-state index in [9.17, 15) is 45.6 Å². The minimum absolute atomic E-state index is 0.242. The molecule has 14 heteroatoms. The average molecular weight is 1250 g/mol. The number of aliphatic hydroxyl groups excluding tert-OH is 8. The fourth-order valence-corrected chi connectivity index (χ4v) is 12.7. The Morgan fingerprint density at radius 3 is 1.11 bits per heavy atom. The van der Waals surface area contributed by atoms with Crippen LogP contribution in [0.4, 0.5) is 0 Å². The first-order valence-corrected chi connectivity index (χ1v) is 37.6. The van der Waals surface area contributed by atoms with Gasteiger partial charge in [0.15, 0.2) is 12.6 Å².